The zero-order valence-corrected chi connectivity index (χ0v) is 18.1. The van der Waals surface area contributed by atoms with E-state index >= 15 is 0 Å². The Labute approximate surface area is 196 Å². The number of ether oxygens (including phenoxy) is 1. The highest BCUT2D eigenvalue weighted by atomic mass is 32.2. The molecule has 0 radical (unpaired) electrons. The van der Waals surface area contributed by atoms with Crippen LogP contribution in [0.3, 0.4) is 0 Å². The number of nitrogens with one attached hydrogen (secondary N) is 2. The molecule has 34 heavy (non-hydrogen) atoms. The standard InChI is InChI=1S/C22H16F3N5O3S/c23-22(24,25)33-16-5-3-15(4-6-16)29-20(32)17-2-1-10-28-21(17)34-13-14-8-11-27-18(12-14)30-19(31)7-9-26/h1-6,8,10-12H,7,13H2,(H,29,32)(H,27,30,31). The van der Waals surface area contributed by atoms with Gasteiger partial charge in [0, 0.05) is 23.8 Å². The molecule has 1 aromatic carbocycles. The number of halogens is 3. The number of hydrogen-bond acceptors (Lipinski definition) is 7. The monoisotopic (exact) mass is 487 g/mol. The molecule has 0 aliphatic rings. The van der Waals surface area contributed by atoms with Gasteiger partial charge in [-0.15, -0.1) is 24.9 Å². The number of nitrogens with zero attached hydrogens (tertiary/aromatic N) is 3. The molecule has 0 unspecified atom stereocenters. The van der Waals surface area contributed by atoms with E-state index in [9.17, 15) is 22.8 Å². The van der Waals surface area contributed by atoms with Crippen molar-refractivity contribution in [3.63, 3.8) is 0 Å². The van der Waals surface area contributed by atoms with Crippen molar-refractivity contribution in [1.82, 2.24) is 9.97 Å². The Kier molecular flexibility index (Phi) is 8.05. The lowest BCUT2D eigenvalue weighted by atomic mass is 10.2. The molecule has 0 saturated heterocycles. The molecule has 0 atom stereocenters. The predicted molar refractivity (Wildman–Crippen MR) is 118 cm³/mol. The van der Waals surface area contributed by atoms with Crippen molar-refractivity contribution in [2.45, 2.75) is 23.6 Å². The van der Waals surface area contributed by atoms with Crippen LogP contribution >= 0.6 is 11.8 Å². The highest BCUT2D eigenvalue weighted by Crippen LogP contribution is 2.27. The van der Waals surface area contributed by atoms with E-state index in [1.165, 1.54) is 36.3 Å². The molecule has 174 valence electrons. The van der Waals surface area contributed by atoms with E-state index in [1.807, 2.05) is 0 Å². The van der Waals surface area contributed by atoms with Crippen molar-refractivity contribution < 1.29 is 27.5 Å². The second-order valence-electron chi connectivity index (χ2n) is 6.60. The van der Waals surface area contributed by atoms with Crippen LogP contribution in [-0.2, 0) is 10.5 Å². The molecule has 2 N–H and O–H groups in total. The van der Waals surface area contributed by atoms with E-state index in [0.29, 0.717) is 16.6 Å². The van der Waals surface area contributed by atoms with Crippen LogP contribution in [0.2, 0.25) is 0 Å². The largest absolute Gasteiger partial charge is 0.573 e. The van der Waals surface area contributed by atoms with Gasteiger partial charge < -0.3 is 15.4 Å². The smallest absolute Gasteiger partial charge is 0.406 e. The summed E-state index contributed by atoms with van der Waals surface area (Å²) in [6.07, 6.45) is -2.05. The summed E-state index contributed by atoms with van der Waals surface area (Å²) in [7, 11) is 0. The molecule has 0 saturated carbocycles. The average molecular weight is 487 g/mol. The number of anilines is 2. The van der Waals surface area contributed by atoms with Crippen molar-refractivity contribution in [3.8, 4) is 11.8 Å². The summed E-state index contributed by atoms with van der Waals surface area (Å²) < 4.78 is 40.7. The number of benzene rings is 1. The molecule has 3 aromatic rings. The van der Waals surface area contributed by atoms with Crippen LogP contribution in [0.25, 0.3) is 0 Å². The highest BCUT2D eigenvalue weighted by Gasteiger charge is 2.31. The maximum atomic E-state index is 12.7. The normalized spacial score (nSPS) is 10.8. The van der Waals surface area contributed by atoms with Crippen molar-refractivity contribution in [2.24, 2.45) is 0 Å². The zero-order valence-electron chi connectivity index (χ0n) is 17.3. The van der Waals surface area contributed by atoms with Crippen LogP contribution in [0.4, 0.5) is 24.7 Å². The van der Waals surface area contributed by atoms with Crippen molar-refractivity contribution in [1.29, 1.82) is 5.26 Å². The van der Waals surface area contributed by atoms with Gasteiger partial charge in [-0.2, -0.15) is 5.26 Å². The maximum absolute atomic E-state index is 12.7. The van der Waals surface area contributed by atoms with Gasteiger partial charge in [0.1, 0.15) is 23.0 Å². The van der Waals surface area contributed by atoms with Gasteiger partial charge in [-0.25, -0.2) is 9.97 Å². The number of aromatic nitrogens is 2. The van der Waals surface area contributed by atoms with Gasteiger partial charge in [-0.05, 0) is 54.1 Å². The predicted octanol–water partition coefficient (Wildman–Crippen LogP) is 4.77. The molecule has 0 spiro atoms. The second-order valence-corrected chi connectivity index (χ2v) is 7.57. The van der Waals surface area contributed by atoms with Gasteiger partial charge in [-0.3, -0.25) is 9.59 Å². The molecule has 3 rings (SSSR count). The number of amides is 2. The van der Waals surface area contributed by atoms with E-state index in [0.717, 1.165) is 17.7 Å². The molecular formula is C22H16F3N5O3S. The number of alkyl halides is 3. The number of hydrogen-bond donors (Lipinski definition) is 2. The summed E-state index contributed by atoms with van der Waals surface area (Å²) >= 11 is 1.28. The second kappa shape index (κ2) is 11.2. The minimum Gasteiger partial charge on any atom is -0.406 e. The van der Waals surface area contributed by atoms with Gasteiger partial charge in [0.25, 0.3) is 5.91 Å². The molecule has 2 amide bonds. The minimum absolute atomic E-state index is 0.278. The van der Waals surface area contributed by atoms with Crippen LogP contribution in [0.5, 0.6) is 5.75 Å². The fourth-order valence-electron chi connectivity index (χ4n) is 2.66. The first kappa shape index (κ1) is 24.5. The SMILES string of the molecule is N#CCC(=O)Nc1cc(CSc2ncccc2C(=O)Nc2ccc(OC(F)(F)F)cc2)ccn1. The van der Waals surface area contributed by atoms with E-state index in [2.05, 4.69) is 25.3 Å². The number of carbonyl (C=O) groups is 2. The van der Waals surface area contributed by atoms with E-state index in [-0.39, 0.29) is 17.7 Å². The van der Waals surface area contributed by atoms with Gasteiger partial charge in [0.05, 0.1) is 11.6 Å². The summed E-state index contributed by atoms with van der Waals surface area (Å²) in [5.74, 6) is -0.649. The van der Waals surface area contributed by atoms with Crippen molar-refractivity contribution in [2.75, 3.05) is 10.6 Å². The molecule has 0 aliphatic heterocycles. The lowest BCUT2D eigenvalue weighted by molar-refractivity contribution is -0.274. The van der Waals surface area contributed by atoms with Crippen LogP contribution in [0.15, 0.2) is 66.0 Å². The third-order valence-corrected chi connectivity index (χ3v) is 5.14. The number of nitriles is 1. The topological polar surface area (TPSA) is 117 Å². The van der Waals surface area contributed by atoms with E-state index in [4.69, 9.17) is 5.26 Å². The number of pyridine rings is 2. The van der Waals surface area contributed by atoms with Crippen LogP contribution in [0, 0.1) is 11.3 Å². The molecule has 12 heteroatoms. The molecule has 8 nitrogen and oxygen atoms in total. The van der Waals surface area contributed by atoms with E-state index < -0.39 is 23.9 Å². The van der Waals surface area contributed by atoms with Gasteiger partial charge >= 0.3 is 6.36 Å². The summed E-state index contributed by atoms with van der Waals surface area (Å²) in [5.41, 5.74) is 1.36. The first-order valence-corrected chi connectivity index (χ1v) is 10.6. The van der Waals surface area contributed by atoms with Crippen LogP contribution < -0.4 is 15.4 Å². The molecule has 0 fully saturated rings. The third kappa shape index (κ3) is 7.49. The summed E-state index contributed by atoms with van der Waals surface area (Å²) in [6, 6.07) is 13.1. The lowest BCUT2D eigenvalue weighted by Gasteiger charge is -2.11. The first-order valence-electron chi connectivity index (χ1n) is 9.60. The minimum atomic E-state index is -4.80. The Morgan fingerprint density at radius 1 is 1.06 bits per heavy atom. The highest BCUT2D eigenvalue weighted by molar-refractivity contribution is 7.98. The summed E-state index contributed by atoms with van der Waals surface area (Å²) in [4.78, 5) is 32.6. The van der Waals surface area contributed by atoms with Crippen molar-refractivity contribution in [3.05, 3.63) is 72.1 Å². The Morgan fingerprint density at radius 3 is 2.53 bits per heavy atom. The lowest BCUT2D eigenvalue weighted by Crippen LogP contribution is -2.17. The fourth-order valence-corrected chi connectivity index (χ4v) is 3.59. The zero-order chi connectivity index (χ0) is 24.6. The van der Waals surface area contributed by atoms with Crippen LogP contribution in [0.1, 0.15) is 22.3 Å². The van der Waals surface area contributed by atoms with Crippen molar-refractivity contribution >= 4 is 35.1 Å². The molecule has 2 aromatic heterocycles. The number of rotatable bonds is 8. The molecule has 0 aliphatic carbocycles. The Bertz CT molecular complexity index is 1210. The quantitative estimate of drug-likeness (QED) is 0.440. The van der Waals surface area contributed by atoms with Crippen LogP contribution in [-0.4, -0.2) is 28.1 Å². The Hall–Kier alpha value is -4.11. The Morgan fingerprint density at radius 2 is 1.82 bits per heavy atom. The van der Waals surface area contributed by atoms with Gasteiger partial charge in [-0.1, -0.05) is 0 Å². The van der Waals surface area contributed by atoms with Gasteiger partial charge in [0.2, 0.25) is 5.91 Å². The number of carbonyl (C=O) groups excluding carboxylic acids is 2. The maximum Gasteiger partial charge on any atom is 0.573 e. The molecule has 0 bridgehead atoms. The third-order valence-electron chi connectivity index (χ3n) is 4.07. The summed E-state index contributed by atoms with van der Waals surface area (Å²) in [6.45, 7) is 0. The number of thioether (sulfide) groups is 1. The molecular weight excluding hydrogens is 471 g/mol. The Balaban J connectivity index is 1.65. The summed E-state index contributed by atoms with van der Waals surface area (Å²) in [5, 5.41) is 14.1. The fraction of sp³-hybridized carbons (Fsp3) is 0.136. The average Bonchev–Trinajstić information content (AvgIpc) is 2.78. The van der Waals surface area contributed by atoms with E-state index in [1.54, 1.807) is 30.3 Å². The molecule has 2 heterocycles. The first-order chi connectivity index (χ1) is 16.2. The van der Waals surface area contributed by atoms with Gasteiger partial charge in [0.15, 0.2) is 0 Å².